The molecular formula is C22H24ClNO3S. The smallest absolute Gasteiger partial charge is 0.223 e. The van der Waals surface area contributed by atoms with Gasteiger partial charge in [0.2, 0.25) is 5.91 Å². The van der Waals surface area contributed by atoms with E-state index in [0.29, 0.717) is 26.1 Å². The molecule has 2 aromatic rings. The van der Waals surface area contributed by atoms with Crippen molar-refractivity contribution in [3.8, 4) is 11.5 Å². The van der Waals surface area contributed by atoms with Crippen LogP contribution in [0.4, 0.5) is 0 Å². The number of rotatable bonds is 4. The average Bonchev–Trinajstić information content (AvgIpc) is 2.97. The lowest BCUT2D eigenvalue weighted by Gasteiger charge is -2.36. The number of nitrogens with zero attached hydrogens (tertiary/aromatic N) is 1. The molecule has 1 amide bonds. The summed E-state index contributed by atoms with van der Waals surface area (Å²) < 4.78 is 11.4. The molecule has 4 nitrogen and oxygen atoms in total. The minimum absolute atomic E-state index is 0.118. The van der Waals surface area contributed by atoms with Crippen LogP contribution in [0.3, 0.4) is 0 Å². The van der Waals surface area contributed by atoms with Gasteiger partial charge in [0.1, 0.15) is 0 Å². The number of amides is 1. The molecule has 1 saturated heterocycles. The van der Waals surface area contributed by atoms with Crippen molar-refractivity contribution in [2.45, 2.75) is 25.3 Å². The predicted octanol–water partition coefficient (Wildman–Crippen LogP) is 4.75. The van der Waals surface area contributed by atoms with Crippen molar-refractivity contribution in [3.63, 3.8) is 0 Å². The van der Waals surface area contributed by atoms with E-state index in [-0.39, 0.29) is 11.9 Å². The Bertz CT molecular complexity index is 827. The Hall–Kier alpha value is -1.85. The van der Waals surface area contributed by atoms with Gasteiger partial charge in [0.15, 0.2) is 11.5 Å². The molecule has 0 spiro atoms. The number of fused-ring (bicyclic) bond motifs is 1. The fraction of sp³-hybridized carbons (Fsp3) is 0.409. The largest absolute Gasteiger partial charge is 0.490 e. The van der Waals surface area contributed by atoms with Gasteiger partial charge in [-0.2, -0.15) is 11.8 Å². The summed E-state index contributed by atoms with van der Waals surface area (Å²) in [6.45, 7) is 2.14. The van der Waals surface area contributed by atoms with Gasteiger partial charge in [-0.25, -0.2) is 0 Å². The third-order valence-corrected chi connectivity index (χ3v) is 6.42. The van der Waals surface area contributed by atoms with Crippen LogP contribution in [-0.4, -0.2) is 42.1 Å². The summed E-state index contributed by atoms with van der Waals surface area (Å²) in [5.74, 6) is 3.70. The van der Waals surface area contributed by atoms with E-state index in [1.165, 1.54) is 0 Å². The Morgan fingerprint density at radius 3 is 2.71 bits per heavy atom. The highest BCUT2D eigenvalue weighted by atomic mass is 35.5. The van der Waals surface area contributed by atoms with E-state index in [2.05, 4.69) is 0 Å². The van der Waals surface area contributed by atoms with Crippen molar-refractivity contribution in [2.24, 2.45) is 0 Å². The van der Waals surface area contributed by atoms with Gasteiger partial charge in [-0.3, -0.25) is 4.79 Å². The zero-order chi connectivity index (χ0) is 19.3. The van der Waals surface area contributed by atoms with Crippen molar-refractivity contribution >= 4 is 29.3 Å². The molecule has 2 heterocycles. The van der Waals surface area contributed by atoms with Crippen LogP contribution in [0.25, 0.3) is 0 Å². The predicted molar refractivity (Wildman–Crippen MR) is 114 cm³/mol. The summed E-state index contributed by atoms with van der Waals surface area (Å²) in [7, 11) is 0. The highest BCUT2D eigenvalue weighted by molar-refractivity contribution is 7.99. The topological polar surface area (TPSA) is 38.8 Å². The number of halogens is 1. The summed E-state index contributed by atoms with van der Waals surface area (Å²) in [4.78, 5) is 15.0. The molecule has 4 rings (SSSR count). The van der Waals surface area contributed by atoms with Crippen molar-refractivity contribution in [2.75, 3.05) is 31.3 Å². The first kappa shape index (κ1) is 19.5. The summed E-state index contributed by atoms with van der Waals surface area (Å²) in [6.07, 6.45) is 2.09. The fourth-order valence-corrected chi connectivity index (χ4v) is 4.84. The fourth-order valence-electron chi connectivity index (χ4n) is 3.62. The zero-order valence-electron chi connectivity index (χ0n) is 15.7. The summed E-state index contributed by atoms with van der Waals surface area (Å²) in [5.41, 5.74) is 2.26. The van der Waals surface area contributed by atoms with Gasteiger partial charge in [0.05, 0.1) is 19.3 Å². The molecule has 6 heteroatoms. The van der Waals surface area contributed by atoms with Crippen LogP contribution in [0, 0.1) is 0 Å². The van der Waals surface area contributed by atoms with Gasteiger partial charge in [0, 0.05) is 35.9 Å². The maximum atomic E-state index is 13.0. The van der Waals surface area contributed by atoms with Crippen LogP contribution in [0.2, 0.25) is 5.02 Å². The Labute approximate surface area is 175 Å². The number of ether oxygens (including phenoxy) is 2. The summed E-state index contributed by atoms with van der Waals surface area (Å²) >= 11 is 7.92. The number of aryl methyl sites for hydroxylation is 1. The van der Waals surface area contributed by atoms with E-state index in [1.54, 1.807) is 0 Å². The van der Waals surface area contributed by atoms with Crippen molar-refractivity contribution in [1.82, 2.24) is 4.90 Å². The van der Waals surface area contributed by atoms with Crippen molar-refractivity contribution in [1.29, 1.82) is 0 Å². The molecule has 0 bridgehead atoms. The van der Waals surface area contributed by atoms with Crippen molar-refractivity contribution < 1.29 is 14.3 Å². The number of thioether (sulfide) groups is 1. The first-order chi connectivity index (χ1) is 13.7. The molecule has 0 aromatic heterocycles. The molecule has 1 unspecified atom stereocenters. The number of benzene rings is 2. The first-order valence-electron chi connectivity index (χ1n) is 9.72. The van der Waals surface area contributed by atoms with Gasteiger partial charge >= 0.3 is 0 Å². The maximum Gasteiger partial charge on any atom is 0.223 e. The van der Waals surface area contributed by atoms with Crippen LogP contribution in [0.1, 0.15) is 30.0 Å². The van der Waals surface area contributed by atoms with Gasteiger partial charge in [-0.15, -0.1) is 0 Å². The van der Waals surface area contributed by atoms with E-state index in [4.69, 9.17) is 21.1 Å². The van der Waals surface area contributed by atoms with Crippen LogP contribution in [-0.2, 0) is 11.2 Å². The van der Waals surface area contributed by atoms with Crippen LogP contribution in [0.5, 0.6) is 11.5 Å². The number of hydrogen-bond donors (Lipinski definition) is 0. The van der Waals surface area contributed by atoms with Crippen LogP contribution in [0.15, 0.2) is 42.5 Å². The monoisotopic (exact) mass is 417 g/mol. The summed E-state index contributed by atoms with van der Waals surface area (Å²) in [6, 6.07) is 14.0. The minimum Gasteiger partial charge on any atom is -0.490 e. The third-order valence-electron chi connectivity index (χ3n) is 5.14. The van der Waals surface area contributed by atoms with Gasteiger partial charge in [-0.05, 0) is 41.8 Å². The Morgan fingerprint density at radius 2 is 1.89 bits per heavy atom. The molecule has 0 N–H and O–H groups in total. The second-order valence-corrected chi connectivity index (χ2v) is 8.65. The third kappa shape index (κ3) is 4.58. The normalized spacial score (nSPS) is 19.2. The highest BCUT2D eigenvalue weighted by Crippen LogP contribution is 2.32. The van der Waals surface area contributed by atoms with Crippen LogP contribution >= 0.6 is 23.4 Å². The second-order valence-electron chi connectivity index (χ2n) is 7.06. The SMILES string of the molecule is O=C(CCc1ccc2c(c1)OCCCO2)N1CCSCC1c1ccc(Cl)cc1. The Morgan fingerprint density at radius 1 is 1.11 bits per heavy atom. The standard InChI is InChI=1S/C22H24ClNO3S/c23-18-6-4-17(5-7-18)19-15-28-13-10-24(19)22(25)9-3-16-2-8-20-21(14-16)27-12-1-11-26-20/h2,4-8,14,19H,1,3,9-13,15H2. The molecule has 148 valence electrons. The van der Waals surface area contributed by atoms with E-state index in [1.807, 2.05) is 59.1 Å². The minimum atomic E-state index is 0.118. The van der Waals surface area contributed by atoms with Crippen LogP contribution < -0.4 is 9.47 Å². The van der Waals surface area contributed by atoms with E-state index in [9.17, 15) is 4.79 Å². The Balaban J connectivity index is 1.42. The van der Waals surface area contributed by atoms with Gasteiger partial charge in [-0.1, -0.05) is 29.8 Å². The zero-order valence-corrected chi connectivity index (χ0v) is 17.3. The highest BCUT2D eigenvalue weighted by Gasteiger charge is 2.28. The van der Waals surface area contributed by atoms with E-state index >= 15 is 0 Å². The lowest BCUT2D eigenvalue weighted by atomic mass is 10.0. The quantitative estimate of drug-likeness (QED) is 0.719. The van der Waals surface area contributed by atoms with Crippen molar-refractivity contribution in [3.05, 3.63) is 58.6 Å². The van der Waals surface area contributed by atoms with E-state index < -0.39 is 0 Å². The molecule has 2 aliphatic rings. The molecule has 2 aliphatic heterocycles. The molecule has 0 saturated carbocycles. The molecular weight excluding hydrogens is 394 g/mol. The van der Waals surface area contributed by atoms with Gasteiger partial charge < -0.3 is 14.4 Å². The first-order valence-corrected chi connectivity index (χ1v) is 11.3. The lowest BCUT2D eigenvalue weighted by Crippen LogP contribution is -2.40. The molecule has 28 heavy (non-hydrogen) atoms. The second kappa shape index (κ2) is 9.10. The maximum absolute atomic E-state index is 13.0. The Kier molecular flexibility index (Phi) is 6.33. The molecule has 2 aromatic carbocycles. The van der Waals surface area contributed by atoms with E-state index in [0.717, 1.165) is 52.1 Å². The number of hydrogen-bond acceptors (Lipinski definition) is 4. The lowest BCUT2D eigenvalue weighted by molar-refractivity contribution is -0.133. The number of carbonyl (C=O) groups excluding carboxylic acids is 1. The van der Waals surface area contributed by atoms with Gasteiger partial charge in [0.25, 0.3) is 0 Å². The summed E-state index contributed by atoms with van der Waals surface area (Å²) in [5, 5.41) is 0.722. The molecule has 1 atom stereocenters. The molecule has 0 radical (unpaired) electrons. The average molecular weight is 418 g/mol. The number of carbonyl (C=O) groups is 1. The molecule has 0 aliphatic carbocycles. The molecule has 1 fully saturated rings.